The normalized spacial score (nSPS) is 13.3. The molecule has 1 aromatic heterocycles. The summed E-state index contributed by atoms with van der Waals surface area (Å²) in [5, 5.41) is -0.166. The lowest BCUT2D eigenvalue weighted by Crippen LogP contribution is -2.36. The molecule has 0 aliphatic heterocycles. The van der Waals surface area contributed by atoms with Crippen molar-refractivity contribution in [1.82, 2.24) is 4.98 Å². The highest BCUT2D eigenvalue weighted by Gasteiger charge is 2.32. The predicted molar refractivity (Wildman–Crippen MR) is 73.2 cm³/mol. The topological polar surface area (TPSA) is 25.4 Å². The van der Waals surface area contributed by atoms with Crippen molar-refractivity contribution in [3.63, 3.8) is 0 Å². The lowest BCUT2D eigenvalue weighted by Gasteiger charge is -2.30. The molecule has 7 heteroatoms. The van der Waals surface area contributed by atoms with Gasteiger partial charge in [-0.1, -0.05) is 18.5 Å². The lowest BCUT2D eigenvalue weighted by molar-refractivity contribution is -0.137. The van der Waals surface area contributed by atoms with Gasteiger partial charge in [0.2, 0.25) is 0 Å². The number of ether oxygens (including phenoxy) is 1. The van der Waals surface area contributed by atoms with Gasteiger partial charge in [0.25, 0.3) is 0 Å². The molecular formula is C13H18ClF3N2O. The van der Waals surface area contributed by atoms with E-state index in [1.807, 2.05) is 13.8 Å². The van der Waals surface area contributed by atoms with Crippen LogP contribution in [-0.2, 0) is 10.9 Å². The lowest BCUT2D eigenvalue weighted by atomic mass is 10.2. The maximum atomic E-state index is 12.8. The van der Waals surface area contributed by atoms with Crippen LogP contribution in [0.15, 0.2) is 12.1 Å². The van der Waals surface area contributed by atoms with Crippen molar-refractivity contribution in [3.8, 4) is 0 Å². The molecule has 3 nitrogen and oxygen atoms in total. The number of alkyl halides is 3. The Morgan fingerprint density at radius 1 is 1.40 bits per heavy atom. The van der Waals surface area contributed by atoms with Crippen LogP contribution in [0.5, 0.6) is 0 Å². The highest BCUT2D eigenvalue weighted by atomic mass is 35.5. The zero-order valence-electron chi connectivity index (χ0n) is 11.7. The summed E-state index contributed by atoms with van der Waals surface area (Å²) in [7, 11) is 1.54. The SMILES string of the molecule is CCC(C)N(CCOC)c1cc(C(F)(F)F)cc(Cl)n1. The monoisotopic (exact) mass is 310 g/mol. The Balaban J connectivity index is 3.15. The molecular weight excluding hydrogens is 293 g/mol. The zero-order valence-corrected chi connectivity index (χ0v) is 12.4. The average Bonchev–Trinajstić information content (AvgIpc) is 2.37. The first kappa shape index (κ1) is 17.0. The van der Waals surface area contributed by atoms with Crippen molar-refractivity contribution >= 4 is 17.4 Å². The van der Waals surface area contributed by atoms with Gasteiger partial charge in [0, 0.05) is 19.7 Å². The van der Waals surface area contributed by atoms with Gasteiger partial charge < -0.3 is 9.64 Å². The van der Waals surface area contributed by atoms with Crippen LogP contribution in [0, 0.1) is 0 Å². The van der Waals surface area contributed by atoms with Crippen LogP contribution in [0.2, 0.25) is 5.15 Å². The van der Waals surface area contributed by atoms with E-state index in [9.17, 15) is 13.2 Å². The highest BCUT2D eigenvalue weighted by Crippen LogP contribution is 2.33. The summed E-state index contributed by atoms with van der Waals surface area (Å²) < 4.78 is 43.4. The Kier molecular flexibility index (Phi) is 6.07. The second-order valence-corrected chi connectivity index (χ2v) is 4.87. The summed E-state index contributed by atoms with van der Waals surface area (Å²) in [5.74, 6) is 0.219. The Morgan fingerprint density at radius 2 is 2.05 bits per heavy atom. The molecule has 20 heavy (non-hydrogen) atoms. The van der Waals surface area contributed by atoms with Gasteiger partial charge in [-0.25, -0.2) is 4.98 Å². The van der Waals surface area contributed by atoms with Crippen LogP contribution >= 0.6 is 11.6 Å². The quantitative estimate of drug-likeness (QED) is 0.742. The van der Waals surface area contributed by atoms with Gasteiger partial charge in [-0.05, 0) is 25.5 Å². The molecule has 0 saturated carbocycles. The molecule has 0 aliphatic carbocycles. The standard InChI is InChI=1S/C13H18ClF3N2O/c1-4-9(2)19(5-6-20-3)12-8-10(13(15,16)17)7-11(14)18-12/h7-9H,4-6H2,1-3H3. The summed E-state index contributed by atoms with van der Waals surface area (Å²) in [4.78, 5) is 5.77. The van der Waals surface area contributed by atoms with E-state index in [1.165, 1.54) is 0 Å². The van der Waals surface area contributed by atoms with E-state index >= 15 is 0 Å². The number of aromatic nitrogens is 1. The highest BCUT2D eigenvalue weighted by molar-refractivity contribution is 6.29. The molecule has 0 radical (unpaired) electrons. The van der Waals surface area contributed by atoms with E-state index in [0.29, 0.717) is 13.2 Å². The largest absolute Gasteiger partial charge is 0.416 e. The molecule has 1 rings (SSSR count). The third kappa shape index (κ3) is 4.52. The molecule has 0 bridgehead atoms. The van der Waals surface area contributed by atoms with Crippen molar-refractivity contribution in [2.75, 3.05) is 25.2 Å². The number of anilines is 1. The van der Waals surface area contributed by atoms with Crippen molar-refractivity contribution in [1.29, 1.82) is 0 Å². The Hall–Kier alpha value is -1.01. The number of hydrogen-bond acceptors (Lipinski definition) is 3. The minimum absolute atomic E-state index is 0.0391. The number of nitrogens with zero attached hydrogens (tertiary/aromatic N) is 2. The fourth-order valence-electron chi connectivity index (χ4n) is 1.76. The van der Waals surface area contributed by atoms with Crippen molar-refractivity contribution in [2.24, 2.45) is 0 Å². The molecule has 1 aromatic rings. The second kappa shape index (κ2) is 7.13. The second-order valence-electron chi connectivity index (χ2n) is 4.48. The van der Waals surface area contributed by atoms with Gasteiger partial charge in [0.1, 0.15) is 11.0 Å². The fourth-order valence-corrected chi connectivity index (χ4v) is 1.97. The first-order chi connectivity index (χ1) is 9.29. The first-order valence-corrected chi connectivity index (χ1v) is 6.67. The van der Waals surface area contributed by atoms with Crippen LogP contribution in [0.25, 0.3) is 0 Å². The molecule has 114 valence electrons. The van der Waals surface area contributed by atoms with Gasteiger partial charge in [0.15, 0.2) is 0 Å². The fraction of sp³-hybridized carbons (Fsp3) is 0.615. The van der Waals surface area contributed by atoms with Crippen LogP contribution in [-0.4, -0.2) is 31.3 Å². The Labute approximate surface area is 121 Å². The van der Waals surface area contributed by atoms with E-state index in [0.717, 1.165) is 18.6 Å². The average molecular weight is 311 g/mol. The summed E-state index contributed by atoms with van der Waals surface area (Å²) in [5.41, 5.74) is -0.793. The number of rotatable bonds is 6. The summed E-state index contributed by atoms with van der Waals surface area (Å²) in [6.07, 6.45) is -3.66. The van der Waals surface area contributed by atoms with Crippen molar-refractivity contribution in [3.05, 3.63) is 22.8 Å². The molecule has 1 unspecified atom stereocenters. The molecule has 1 atom stereocenters. The minimum Gasteiger partial charge on any atom is -0.383 e. The summed E-state index contributed by atoms with van der Waals surface area (Å²) in [6.45, 7) is 4.74. The first-order valence-electron chi connectivity index (χ1n) is 6.30. The summed E-state index contributed by atoms with van der Waals surface area (Å²) in [6, 6.07) is 1.89. The van der Waals surface area contributed by atoms with Crippen LogP contribution in [0.4, 0.5) is 19.0 Å². The molecule has 0 aliphatic rings. The van der Waals surface area contributed by atoms with E-state index in [4.69, 9.17) is 16.3 Å². The minimum atomic E-state index is -4.44. The van der Waals surface area contributed by atoms with Crippen LogP contribution < -0.4 is 4.90 Å². The van der Waals surface area contributed by atoms with E-state index in [1.54, 1.807) is 12.0 Å². The third-order valence-electron chi connectivity index (χ3n) is 3.06. The maximum absolute atomic E-state index is 12.8. The maximum Gasteiger partial charge on any atom is 0.416 e. The Bertz CT molecular complexity index is 440. The number of methoxy groups -OCH3 is 1. The molecule has 0 amide bonds. The van der Waals surface area contributed by atoms with Gasteiger partial charge in [0.05, 0.1) is 12.2 Å². The van der Waals surface area contributed by atoms with Crippen molar-refractivity contribution < 1.29 is 17.9 Å². The molecule has 1 heterocycles. The van der Waals surface area contributed by atoms with Gasteiger partial charge >= 0.3 is 6.18 Å². The van der Waals surface area contributed by atoms with Gasteiger partial charge in [-0.3, -0.25) is 0 Å². The third-order valence-corrected chi connectivity index (χ3v) is 3.25. The molecule has 0 N–H and O–H groups in total. The number of halogens is 4. The molecule has 0 aromatic carbocycles. The smallest absolute Gasteiger partial charge is 0.383 e. The number of hydrogen-bond donors (Lipinski definition) is 0. The van der Waals surface area contributed by atoms with E-state index in [-0.39, 0.29) is 17.0 Å². The van der Waals surface area contributed by atoms with Gasteiger partial charge in [-0.15, -0.1) is 0 Å². The summed E-state index contributed by atoms with van der Waals surface area (Å²) >= 11 is 5.71. The predicted octanol–water partition coefficient (Wildman–Crippen LogP) is 4.01. The Morgan fingerprint density at radius 3 is 2.55 bits per heavy atom. The van der Waals surface area contributed by atoms with Crippen LogP contribution in [0.3, 0.4) is 0 Å². The zero-order chi connectivity index (χ0) is 15.3. The van der Waals surface area contributed by atoms with E-state index in [2.05, 4.69) is 4.98 Å². The molecule has 0 fully saturated rings. The molecule has 0 spiro atoms. The van der Waals surface area contributed by atoms with Crippen LogP contribution in [0.1, 0.15) is 25.8 Å². The van der Waals surface area contributed by atoms with Crippen molar-refractivity contribution in [2.45, 2.75) is 32.5 Å². The van der Waals surface area contributed by atoms with Gasteiger partial charge in [-0.2, -0.15) is 13.2 Å². The molecule has 0 saturated heterocycles. The number of pyridine rings is 1. The van der Waals surface area contributed by atoms with E-state index < -0.39 is 11.7 Å².